The quantitative estimate of drug-likeness (QED) is 0.424. The van der Waals surface area contributed by atoms with E-state index >= 15 is 0 Å². The van der Waals surface area contributed by atoms with Crippen LogP contribution in [0.25, 0.3) is 16.8 Å². The summed E-state index contributed by atoms with van der Waals surface area (Å²) in [6, 6.07) is 5.82. The van der Waals surface area contributed by atoms with Gasteiger partial charge in [0.1, 0.15) is 24.1 Å². The van der Waals surface area contributed by atoms with Gasteiger partial charge >= 0.3 is 0 Å². The van der Waals surface area contributed by atoms with Crippen molar-refractivity contribution in [2.75, 3.05) is 26.7 Å². The molecule has 2 fully saturated rings. The Morgan fingerprint density at radius 3 is 2.68 bits per heavy atom. The normalized spacial score (nSPS) is 21.7. The summed E-state index contributed by atoms with van der Waals surface area (Å²) in [4.78, 5) is 30.8. The van der Waals surface area contributed by atoms with Gasteiger partial charge in [-0.3, -0.25) is 4.79 Å². The van der Waals surface area contributed by atoms with Crippen LogP contribution in [0.2, 0.25) is 5.02 Å². The zero-order valence-corrected chi connectivity index (χ0v) is 23.5. The maximum atomic E-state index is 13.0. The molecule has 38 heavy (non-hydrogen) atoms. The van der Waals surface area contributed by atoms with Gasteiger partial charge in [0.15, 0.2) is 0 Å². The molecule has 1 aliphatic heterocycles. The van der Waals surface area contributed by atoms with Crippen LogP contribution in [0.15, 0.2) is 30.7 Å². The molecule has 1 N–H and O–H groups in total. The van der Waals surface area contributed by atoms with E-state index in [4.69, 9.17) is 16.3 Å². The van der Waals surface area contributed by atoms with Crippen LogP contribution < -0.4 is 10.1 Å². The number of carbonyl (C=O) groups is 2. The fourth-order valence-electron chi connectivity index (χ4n) is 5.79. The third-order valence-corrected chi connectivity index (χ3v) is 8.67. The molecule has 3 aromatic rings. The monoisotopic (exact) mass is 537 g/mol. The highest BCUT2D eigenvalue weighted by atomic mass is 35.5. The molecule has 1 saturated heterocycles. The van der Waals surface area contributed by atoms with Gasteiger partial charge in [-0.05, 0) is 67.6 Å². The molecule has 1 saturated carbocycles. The number of nitrogens with zero attached hydrogens (tertiary/aromatic N) is 4. The van der Waals surface area contributed by atoms with Crippen LogP contribution >= 0.6 is 11.6 Å². The van der Waals surface area contributed by atoms with E-state index in [-0.39, 0.29) is 28.6 Å². The number of nitrogens with one attached hydrogen (secondary N) is 1. The number of halogens is 1. The van der Waals surface area contributed by atoms with E-state index in [0.29, 0.717) is 18.2 Å². The Kier molecular flexibility index (Phi) is 6.99. The molecular weight excluding hydrogens is 502 g/mol. The Hall–Kier alpha value is -2.97. The van der Waals surface area contributed by atoms with E-state index in [9.17, 15) is 9.59 Å². The van der Waals surface area contributed by atoms with Crippen molar-refractivity contribution in [3.05, 3.63) is 46.9 Å². The van der Waals surface area contributed by atoms with Gasteiger partial charge in [-0.25, -0.2) is 9.50 Å². The molecule has 2 aromatic heterocycles. The highest BCUT2D eigenvalue weighted by Gasteiger charge is 2.62. The molecule has 1 aliphatic carbocycles. The second-order valence-electron chi connectivity index (χ2n) is 11.9. The predicted molar refractivity (Wildman–Crippen MR) is 147 cm³/mol. The van der Waals surface area contributed by atoms with Crippen molar-refractivity contribution >= 4 is 29.3 Å². The van der Waals surface area contributed by atoms with Crippen LogP contribution in [0, 0.1) is 29.6 Å². The molecule has 0 radical (unpaired) electrons. The Bertz CT molecular complexity index is 1380. The van der Waals surface area contributed by atoms with E-state index in [1.54, 1.807) is 16.5 Å². The third kappa shape index (κ3) is 4.92. The highest BCUT2D eigenvalue weighted by molar-refractivity contribution is 6.31. The lowest BCUT2D eigenvalue weighted by Gasteiger charge is -2.34. The smallest absolute Gasteiger partial charge is 0.227 e. The number of benzene rings is 1. The molecule has 202 valence electrons. The molecule has 5 rings (SSSR count). The lowest BCUT2D eigenvalue weighted by atomic mass is 9.82. The molecule has 2 aliphatic rings. The minimum Gasteiger partial charge on any atom is -0.492 e. The molecule has 3 heterocycles. The van der Waals surface area contributed by atoms with Gasteiger partial charge in [-0.1, -0.05) is 32.4 Å². The first-order chi connectivity index (χ1) is 18.0. The van der Waals surface area contributed by atoms with Gasteiger partial charge < -0.3 is 19.7 Å². The lowest BCUT2D eigenvalue weighted by molar-refractivity contribution is -0.133. The maximum absolute atomic E-state index is 13.0. The number of amides is 1. The first-order valence-corrected chi connectivity index (χ1v) is 13.6. The first-order valence-electron chi connectivity index (χ1n) is 13.2. The predicted octanol–water partition coefficient (Wildman–Crippen LogP) is 4.56. The van der Waals surface area contributed by atoms with Crippen molar-refractivity contribution in [1.82, 2.24) is 24.8 Å². The zero-order chi connectivity index (χ0) is 27.2. The topological polar surface area (TPSA) is 88.8 Å². The minimum atomic E-state index is -0.288. The summed E-state index contributed by atoms with van der Waals surface area (Å²) >= 11 is 6.51. The molecule has 0 bridgehead atoms. The summed E-state index contributed by atoms with van der Waals surface area (Å²) in [5.41, 5.74) is 4.04. The molecular formula is C29H36ClN5O3. The second kappa shape index (κ2) is 9.97. The summed E-state index contributed by atoms with van der Waals surface area (Å²) in [7, 11) is 1.78. The number of hydrogen-bond acceptors (Lipinski definition) is 6. The second-order valence-corrected chi connectivity index (χ2v) is 12.3. The van der Waals surface area contributed by atoms with E-state index < -0.39 is 0 Å². The van der Waals surface area contributed by atoms with Crippen LogP contribution in [0.4, 0.5) is 0 Å². The molecule has 1 aromatic carbocycles. The fraction of sp³-hybridized carbons (Fsp3) is 0.517. The van der Waals surface area contributed by atoms with Crippen LogP contribution in [0.1, 0.15) is 44.7 Å². The first kappa shape index (κ1) is 26.6. The maximum Gasteiger partial charge on any atom is 0.227 e. The number of aldehydes is 1. The van der Waals surface area contributed by atoms with Gasteiger partial charge in [-0.2, -0.15) is 5.10 Å². The van der Waals surface area contributed by atoms with Crippen molar-refractivity contribution in [2.24, 2.45) is 22.7 Å². The van der Waals surface area contributed by atoms with Crippen LogP contribution in [0.3, 0.4) is 0 Å². The van der Waals surface area contributed by atoms with E-state index in [1.807, 2.05) is 45.2 Å². The number of piperidine rings is 1. The highest BCUT2D eigenvalue weighted by Crippen LogP contribution is 2.57. The molecule has 2 unspecified atom stereocenters. The molecule has 1 amide bonds. The van der Waals surface area contributed by atoms with E-state index in [0.717, 1.165) is 65.9 Å². The van der Waals surface area contributed by atoms with Gasteiger partial charge in [-0.15, -0.1) is 0 Å². The third-order valence-electron chi connectivity index (χ3n) is 8.45. The Morgan fingerprint density at radius 1 is 1.26 bits per heavy atom. The van der Waals surface area contributed by atoms with Gasteiger partial charge in [0.05, 0.1) is 18.0 Å². The minimum absolute atomic E-state index is 0.0128. The lowest BCUT2D eigenvalue weighted by Crippen LogP contribution is -2.38. The summed E-state index contributed by atoms with van der Waals surface area (Å²) in [6.45, 7) is 11.2. The number of hydrogen-bond donors (Lipinski definition) is 1. The Morgan fingerprint density at radius 2 is 2.00 bits per heavy atom. The van der Waals surface area contributed by atoms with Crippen LogP contribution in [-0.2, 0) is 16.1 Å². The molecule has 0 spiro atoms. The summed E-state index contributed by atoms with van der Waals surface area (Å²) in [6.07, 6.45) is 6.46. The van der Waals surface area contributed by atoms with Crippen LogP contribution in [0.5, 0.6) is 5.75 Å². The largest absolute Gasteiger partial charge is 0.492 e. The standard InChI is InChI=1S/C29H36ClN5O3/c1-18-10-20(30)12-21(26(18)38-16-29(4)6-8-31-9-7-29)25-23-11-19(14-35(23)33-17-32-25)13-34(5)27(37)24-22(15-36)28(24,2)3/h10-12,14-15,17,22,24,31H,6-9,13,16H2,1-5H3. The number of aromatic nitrogens is 3. The van der Waals surface area contributed by atoms with Gasteiger partial charge in [0.2, 0.25) is 5.91 Å². The number of fused-ring (bicyclic) bond motifs is 1. The van der Waals surface area contributed by atoms with Crippen molar-refractivity contribution in [3.8, 4) is 17.0 Å². The average molecular weight is 538 g/mol. The molecule has 8 nitrogen and oxygen atoms in total. The number of ether oxygens (including phenoxy) is 1. The Labute approximate surface area is 228 Å². The SMILES string of the molecule is Cc1cc(Cl)cc(-c2ncnn3cc(CN(C)C(=O)C4C(C=O)C4(C)C)cc23)c1OCC1(C)CCNCC1. The van der Waals surface area contributed by atoms with E-state index in [1.165, 1.54) is 6.33 Å². The number of carbonyl (C=O) groups excluding carboxylic acids is 2. The van der Waals surface area contributed by atoms with Crippen molar-refractivity contribution in [3.63, 3.8) is 0 Å². The van der Waals surface area contributed by atoms with Gasteiger partial charge in [0, 0.05) is 41.7 Å². The van der Waals surface area contributed by atoms with Crippen molar-refractivity contribution < 1.29 is 14.3 Å². The summed E-state index contributed by atoms with van der Waals surface area (Å²) < 4.78 is 8.28. The van der Waals surface area contributed by atoms with E-state index in [2.05, 4.69) is 22.3 Å². The summed E-state index contributed by atoms with van der Waals surface area (Å²) in [5, 5.41) is 8.45. The zero-order valence-electron chi connectivity index (χ0n) is 22.8. The van der Waals surface area contributed by atoms with Crippen molar-refractivity contribution in [2.45, 2.75) is 47.1 Å². The fourth-order valence-corrected chi connectivity index (χ4v) is 6.06. The summed E-state index contributed by atoms with van der Waals surface area (Å²) in [5.74, 6) is 0.273. The van der Waals surface area contributed by atoms with Gasteiger partial charge in [0.25, 0.3) is 0 Å². The van der Waals surface area contributed by atoms with Crippen LogP contribution in [-0.4, -0.2) is 58.4 Å². The molecule has 9 heteroatoms. The number of aryl methyl sites for hydroxylation is 1. The van der Waals surface area contributed by atoms with Crippen molar-refractivity contribution in [1.29, 1.82) is 0 Å². The number of rotatable bonds is 8. The Balaban J connectivity index is 1.43. The molecule has 2 atom stereocenters. The average Bonchev–Trinajstić information content (AvgIpc) is 3.19.